The first-order valence-electron chi connectivity index (χ1n) is 16.8. The summed E-state index contributed by atoms with van der Waals surface area (Å²) in [6.07, 6.45) is 0. The fourth-order valence-corrected chi connectivity index (χ4v) is 6.79. The molecule has 50 heavy (non-hydrogen) atoms. The van der Waals surface area contributed by atoms with Crippen molar-refractivity contribution in [1.29, 1.82) is 0 Å². The minimum atomic E-state index is 0.727. The Bertz CT molecular complexity index is 2200. The van der Waals surface area contributed by atoms with E-state index in [9.17, 15) is 0 Å². The summed E-state index contributed by atoms with van der Waals surface area (Å²) in [6, 6.07) is 66.8. The Balaban J connectivity index is 1.47. The van der Waals surface area contributed by atoms with E-state index in [0.29, 0.717) is 0 Å². The lowest BCUT2D eigenvalue weighted by Crippen LogP contribution is -2.13. The molecule has 238 valence electrons. The maximum Gasteiger partial charge on any atom is 0.164 e. The van der Waals surface area contributed by atoms with Crippen molar-refractivity contribution in [3.05, 3.63) is 194 Å². The lowest BCUT2D eigenvalue weighted by atomic mass is 10.0. The van der Waals surface area contributed by atoms with E-state index in [2.05, 4.69) is 155 Å². The molecule has 0 fully saturated rings. The van der Waals surface area contributed by atoms with Crippen LogP contribution in [0.25, 0.3) is 44.6 Å². The molecule has 0 atom stereocenters. The number of furan rings is 2. The molecule has 9 aromatic rings. The molecule has 0 spiro atoms. The summed E-state index contributed by atoms with van der Waals surface area (Å²) in [5, 5.41) is 1.94. The van der Waals surface area contributed by atoms with Gasteiger partial charge in [0.05, 0.1) is 5.69 Å². The molecular formula is C46H32N2O2. The lowest BCUT2D eigenvalue weighted by Gasteiger charge is -2.29. The number of fused-ring (bicyclic) bond motifs is 2. The average molecular weight is 645 g/mol. The predicted molar refractivity (Wildman–Crippen MR) is 206 cm³/mol. The van der Waals surface area contributed by atoms with E-state index >= 15 is 0 Å². The summed E-state index contributed by atoms with van der Waals surface area (Å²) in [6.45, 7) is 0. The van der Waals surface area contributed by atoms with E-state index in [-0.39, 0.29) is 0 Å². The minimum Gasteiger partial charge on any atom is -0.454 e. The van der Waals surface area contributed by atoms with Gasteiger partial charge in [0.15, 0.2) is 11.2 Å². The molecule has 0 radical (unpaired) electrons. The van der Waals surface area contributed by atoms with E-state index in [1.54, 1.807) is 0 Å². The maximum absolute atomic E-state index is 7.07. The summed E-state index contributed by atoms with van der Waals surface area (Å²) >= 11 is 0. The number of anilines is 6. The molecule has 0 bridgehead atoms. The molecule has 2 aromatic heterocycles. The van der Waals surface area contributed by atoms with Crippen LogP contribution in [-0.2, 0) is 0 Å². The minimum absolute atomic E-state index is 0.727. The van der Waals surface area contributed by atoms with Gasteiger partial charge >= 0.3 is 0 Å². The number of hydrogen-bond acceptors (Lipinski definition) is 4. The largest absolute Gasteiger partial charge is 0.454 e. The molecule has 0 aliphatic carbocycles. The van der Waals surface area contributed by atoms with Crippen molar-refractivity contribution in [2.75, 3.05) is 9.80 Å². The molecular weight excluding hydrogens is 613 g/mol. The number of para-hydroxylation sites is 4. The monoisotopic (exact) mass is 644 g/mol. The smallest absolute Gasteiger partial charge is 0.164 e. The van der Waals surface area contributed by atoms with E-state index < -0.39 is 0 Å². The highest BCUT2D eigenvalue weighted by atomic mass is 16.4. The fourth-order valence-electron chi connectivity index (χ4n) is 6.79. The number of nitrogens with zero attached hydrogens (tertiary/aromatic N) is 2. The van der Waals surface area contributed by atoms with Gasteiger partial charge in [0.1, 0.15) is 17.2 Å². The number of rotatable bonds is 8. The van der Waals surface area contributed by atoms with E-state index in [4.69, 9.17) is 8.83 Å². The van der Waals surface area contributed by atoms with Crippen molar-refractivity contribution < 1.29 is 8.83 Å². The number of benzene rings is 7. The van der Waals surface area contributed by atoms with Gasteiger partial charge in [-0.05, 0) is 60.7 Å². The molecule has 0 saturated heterocycles. The van der Waals surface area contributed by atoms with Crippen LogP contribution in [0.1, 0.15) is 0 Å². The molecule has 0 unspecified atom stereocenters. The number of hydrogen-bond donors (Lipinski definition) is 0. The van der Waals surface area contributed by atoms with E-state index in [0.717, 1.165) is 78.7 Å². The molecule has 4 nitrogen and oxygen atoms in total. The van der Waals surface area contributed by atoms with Crippen molar-refractivity contribution in [2.45, 2.75) is 0 Å². The van der Waals surface area contributed by atoms with Crippen LogP contribution >= 0.6 is 0 Å². The zero-order chi connectivity index (χ0) is 33.3. The highest BCUT2D eigenvalue weighted by Gasteiger charge is 2.31. The molecule has 0 aliphatic heterocycles. The van der Waals surface area contributed by atoms with Gasteiger partial charge in [0.2, 0.25) is 0 Å². The fraction of sp³-hybridized carbons (Fsp3) is 0. The summed E-state index contributed by atoms with van der Waals surface area (Å²) in [4.78, 5) is 4.57. The second-order valence-electron chi connectivity index (χ2n) is 12.1. The van der Waals surface area contributed by atoms with Gasteiger partial charge < -0.3 is 18.6 Å². The standard InChI is InChI=1S/C46H32N2O2/c1-7-19-33(20-8-1)41-31-39-43(47(35-23-11-3-12-24-35)36-25-13-4-14-26-36)40-32-42(34-21-9-2-10-22-34)50-46(40)44(45(39)49-41)48(37-27-15-5-16-28-37)38-29-17-6-18-30-38/h1-32H. The molecule has 2 heterocycles. The molecule has 0 N–H and O–H groups in total. The van der Waals surface area contributed by atoms with Crippen LogP contribution in [0.4, 0.5) is 34.1 Å². The Morgan fingerprint density at radius 2 is 0.580 bits per heavy atom. The first-order valence-corrected chi connectivity index (χ1v) is 16.8. The predicted octanol–water partition coefficient (Wildman–Crippen LogP) is 13.5. The van der Waals surface area contributed by atoms with E-state index in [1.807, 2.05) is 48.5 Å². The topological polar surface area (TPSA) is 32.8 Å². The third kappa shape index (κ3) is 5.20. The summed E-state index contributed by atoms with van der Waals surface area (Å²) in [7, 11) is 0. The van der Waals surface area contributed by atoms with Gasteiger partial charge in [-0.15, -0.1) is 0 Å². The van der Waals surface area contributed by atoms with Crippen LogP contribution < -0.4 is 9.80 Å². The first kappa shape index (κ1) is 29.4. The molecule has 0 saturated carbocycles. The summed E-state index contributed by atoms with van der Waals surface area (Å²) < 4.78 is 14.1. The Morgan fingerprint density at radius 1 is 0.300 bits per heavy atom. The molecule has 9 rings (SSSR count). The zero-order valence-corrected chi connectivity index (χ0v) is 27.2. The van der Waals surface area contributed by atoms with Crippen molar-refractivity contribution in [2.24, 2.45) is 0 Å². The van der Waals surface area contributed by atoms with Gasteiger partial charge in [0.25, 0.3) is 0 Å². The highest BCUT2D eigenvalue weighted by Crippen LogP contribution is 2.54. The van der Waals surface area contributed by atoms with Crippen molar-refractivity contribution in [3.8, 4) is 22.6 Å². The van der Waals surface area contributed by atoms with Crippen molar-refractivity contribution in [1.82, 2.24) is 0 Å². The van der Waals surface area contributed by atoms with Crippen LogP contribution in [0.15, 0.2) is 203 Å². The van der Waals surface area contributed by atoms with Gasteiger partial charge in [-0.1, -0.05) is 133 Å². The molecule has 4 heteroatoms. The normalized spacial score (nSPS) is 11.2. The average Bonchev–Trinajstić information content (AvgIpc) is 3.84. The molecule has 7 aromatic carbocycles. The lowest BCUT2D eigenvalue weighted by molar-refractivity contribution is 0.620. The Hall–Kier alpha value is -6.78. The first-order chi connectivity index (χ1) is 24.8. The van der Waals surface area contributed by atoms with E-state index in [1.165, 1.54) is 0 Å². The van der Waals surface area contributed by atoms with Crippen molar-refractivity contribution >= 4 is 56.1 Å². The van der Waals surface area contributed by atoms with Gasteiger partial charge in [-0.3, -0.25) is 0 Å². The van der Waals surface area contributed by atoms with Crippen molar-refractivity contribution in [3.63, 3.8) is 0 Å². The third-order valence-electron chi connectivity index (χ3n) is 9.03. The van der Waals surface area contributed by atoms with Crippen LogP contribution in [0.3, 0.4) is 0 Å². The van der Waals surface area contributed by atoms with Gasteiger partial charge in [-0.25, -0.2) is 0 Å². The van der Waals surface area contributed by atoms with Gasteiger partial charge in [-0.2, -0.15) is 0 Å². The zero-order valence-electron chi connectivity index (χ0n) is 27.2. The van der Waals surface area contributed by atoms with Crippen LogP contribution in [0, 0.1) is 0 Å². The van der Waals surface area contributed by atoms with Gasteiger partial charge in [0, 0.05) is 44.6 Å². The second kappa shape index (κ2) is 12.7. The third-order valence-corrected chi connectivity index (χ3v) is 9.03. The second-order valence-corrected chi connectivity index (χ2v) is 12.1. The Kier molecular flexibility index (Phi) is 7.45. The SMILES string of the molecule is c1ccc(-c2cc3c(N(c4ccccc4)c4ccccc4)c4cc(-c5ccccc5)oc4c(N(c4ccccc4)c4ccccc4)c3o2)cc1. The summed E-state index contributed by atoms with van der Waals surface area (Å²) in [5.41, 5.74) is 9.31. The quantitative estimate of drug-likeness (QED) is 0.154. The maximum atomic E-state index is 7.07. The Labute approximate surface area is 290 Å². The summed E-state index contributed by atoms with van der Waals surface area (Å²) in [5.74, 6) is 1.56. The van der Waals surface area contributed by atoms with Crippen LogP contribution in [0.5, 0.6) is 0 Å². The van der Waals surface area contributed by atoms with Crippen LogP contribution in [0.2, 0.25) is 0 Å². The highest BCUT2D eigenvalue weighted by molar-refractivity contribution is 6.21. The molecule has 0 aliphatic rings. The molecule has 0 amide bonds. The Morgan fingerprint density at radius 3 is 0.900 bits per heavy atom. The van der Waals surface area contributed by atoms with Crippen LogP contribution in [-0.4, -0.2) is 0 Å².